The molecule has 29 heavy (non-hydrogen) atoms. The number of carbonyl (C=O) groups excluding carboxylic acids is 1. The summed E-state index contributed by atoms with van der Waals surface area (Å²) in [5.74, 6) is 1.87. The summed E-state index contributed by atoms with van der Waals surface area (Å²) in [5.41, 5.74) is 3.22. The van der Waals surface area contributed by atoms with Gasteiger partial charge in [0.15, 0.2) is 11.6 Å². The molecule has 4 heterocycles. The molecule has 0 aromatic carbocycles. The van der Waals surface area contributed by atoms with Gasteiger partial charge in [0.05, 0.1) is 23.6 Å². The van der Waals surface area contributed by atoms with E-state index in [0.29, 0.717) is 18.1 Å². The zero-order valence-electron chi connectivity index (χ0n) is 16.9. The van der Waals surface area contributed by atoms with Crippen molar-refractivity contribution in [2.45, 2.75) is 20.8 Å². The molecule has 0 unspecified atom stereocenters. The van der Waals surface area contributed by atoms with E-state index in [1.165, 1.54) is 0 Å². The van der Waals surface area contributed by atoms with E-state index in [0.717, 1.165) is 49.1 Å². The smallest absolute Gasteiger partial charge is 0.239 e. The van der Waals surface area contributed by atoms with Crippen LogP contribution in [0.25, 0.3) is 5.82 Å². The fourth-order valence-corrected chi connectivity index (χ4v) is 3.73. The highest BCUT2D eigenvalue weighted by molar-refractivity contribution is 5.91. The Hall–Kier alpha value is -3.20. The summed E-state index contributed by atoms with van der Waals surface area (Å²) in [6.45, 7) is 9.52. The average molecular weight is 395 g/mol. The van der Waals surface area contributed by atoms with E-state index in [1.807, 2.05) is 29.8 Å². The number of rotatable bonds is 5. The lowest BCUT2D eigenvalue weighted by atomic mass is 10.2. The van der Waals surface area contributed by atoms with Gasteiger partial charge in [-0.3, -0.25) is 9.69 Å². The molecule has 0 saturated carbocycles. The van der Waals surface area contributed by atoms with E-state index >= 15 is 0 Å². The number of aromatic nitrogens is 4. The quantitative estimate of drug-likeness (QED) is 0.706. The van der Waals surface area contributed by atoms with Crippen LogP contribution >= 0.6 is 0 Å². The lowest BCUT2D eigenvalue weighted by molar-refractivity contribution is -0.117. The van der Waals surface area contributed by atoms with Crippen LogP contribution in [-0.4, -0.2) is 63.5 Å². The Morgan fingerprint density at radius 2 is 1.97 bits per heavy atom. The minimum atomic E-state index is -0.0814. The van der Waals surface area contributed by atoms with Crippen LogP contribution in [0.15, 0.2) is 35.0 Å². The number of aryl methyl sites for hydroxylation is 2. The molecule has 3 aromatic rings. The van der Waals surface area contributed by atoms with Gasteiger partial charge in [0, 0.05) is 38.4 Å². The van der Waals surface area contributed by atoms with Crippen molar-refractivity contribution in [2.75, 3.05) is 42.9 Å². The molecule has 1 N–H and O–H groups in total. The Morgan fingerprint density at radius 3 is 2.62 bits per heavy atom. The Balaban J connectivity index is 1.37. The Kier molecular flexibility index (Phi) is 5.30. The van der Waals surface area contributed by atoms with Gasteiger partial charge in [0.25, 0.3) is 0 Å². The zero-order valence-corrected chi connectivity index (χ0v) is 16.9. The molecule has 1 amide bonds. The van der Waals surface area contributed by atoms with Gasteiger partial charge in [0.1, 0.15) is 5.76 Å². The monoisotopic (exact) mass is 395 g/mol. The van der Waals surface area contributed by atoms with Crippen LogP contribution in [0.2, 0.25) is 0 Å². The van der Waals surface area contributed by atoms with Crippen molar-refractivity contribution in [2.24, 2.45) is 0 Å². The van der Waals surface area contributed by atoms with Gasteiger partial charge in [-0.1, -0.05) is 11.2 Å². The van der Waals surface area contributed by atoms with E-state index in [4.69, 9.17) is 9.62 Å². The molecule has 1 saturated heterocycles. The molecule has 9 heteroatoms. The SMILES string of the molecule is Cc1cc(NC(=O)CN2CCN(c3c(C)nn(-c4ccccn4)c3C)CC2)no1. The van der Waals surface area contributed by atoms with E-state index in [9.17, 15) is 4.79 Å². The highest BCUT2D eigenvalue weighted by Gasteiger charge is 2.24. The van der Waals surface area contributed by atoms with Crippen molar-refractivity contribution >= 4 is 17.4 Å². The molecule has 4 rings (SSSR count). The predicted octanol–water partition coefficient (Wildman–Crippen LogP) is 1.94. The average Bonchev–Trinajstić information content (AvgIpc) is 3.25. The normalized spacial score (nSPS) is 14.9. The highest BCUT2D eigenvalue weighted by Crippen LogP contribution is 2.27. The van der Waals surface area contributed by atoms with E-state index in [1.54, 1.807) is 19.2 Å². The van der Waals surface area contributed by atoms with Crippen molar-refractivity contribution in [3.63, 3.8) is 0 Å². The lowest BCUT2D eigenvalue weighted by Gasteiger charge is -2.35. The number of anilines is 2. The second-order valence-electron chi connectivity index (χ2n) is 7.25. The molecule has 152 valence electrons. The molecule has 0 aliphatic carbocycles. The minimum Gasteiger partial charge on any atom is -0.366 e. The van der Waals surface area contributed by atoms with Crippen LogP contribution in [0.5, 0.6) is 0 Å². The highest BCUT2D eigenvalue weighted by atomic mass is 16.5. The maximum Gasteiger partial charge on any atom is 0.239 e. The summed E-state index contributed by atoms with van der Waals surface area (Å²) in [4.78, 5) is 21.1. The topological polar surface area (TPSA) is 92.3 Å². The first-order valence-corrected chi connectivity index (χ1v) is 9.69. The van der Waals surface area contributed by atoms with Gasteiger partial charge in [0.2, 0.25) is 5.91 Å². The second-order valence-corrected chi connectivity index (χ2v) is 7.25. The zero-order chi connectivity index (χ0) is 20.4. The largest absolute Gasteiger partial charge is 0.366 e. The molecule has 0 spiro atoms. The fraction of sp³-hybridized carbons (Fsp3) is 0.400. The molecule has 0 atom stereocenters. The molecule has 1 fully saturated rings. The Morgan fingerprint density at radius 1 is 1.17 bits per heavy atom. The van der Waals surface area contributed by atoms with E-state index in [2.05, 4.69) is 32.2 Å². The number of nitrogens with zero attached hydrogens (tertiary/aromatic N) is 6. The summed E-state index contributed by atoms with van der Waals surface area (Å²) in [5, 5.41) is 11.3. The molecule has 1 aliphatic heterocycles. The van der Waals surface area contributed by atoms with Crippen molar-refractivity contribution < 1.29 is 9.32 Å². The summed E-state index contributed by atoms with van der Waals surface area (Å²) in [6.07, 6.45) is 1.77. The van der Waals surface area contributed by atoms with Gasteiger partial charge in [-0.05, 0) is 32.9 Å². The Labute approximate surface area is 169 Å². The van der Waals surface area contributed by atoms with Crippen LogP contribution in [0.4, 0.5) is 11.5 Å². The van der Waals surface area contributed by atoms with Crippen LogP contribution in [0.3, 0.4) is 0 Å². The summed E-state index contributed by atoms with van der Waals surface area (Å²) < 4.78 is 6.87. The maximum atomic E-state index is 12.2. The third kappa shape index (κ3) is 4.14. The standard InChI is InChI=1S/C20H25N7O2/c1-14-12-17(24-29-14)22-19(28)13-25-8-10-26(11-9-25)20-15(2)23-27(16(20)3)18-6-4-5-7-21-18/h4-7,12H,8-11,13H2,1-3H3,(H,22,24,28). The summed E-state index contributed by atoms with van der Waals surface area (Å²) in [6, 6.07) is 7.52. The van der Waals surface area contributed by atoms with Gasteiger partial charge in [-0.25, -0.2) is 9.67 Å². The summed E-state index contributed by atoms with van der Waals surface area (Å²) >= 11 is 0. The van der Waals surface area contributed by atoms with Crippen LogP contribution < -0.4 is 10.2 Å². The second kappa shape index (κ2) is 8.04. The van der Waals surface area contributed by atoms with Crippen molar-refractivity contribution in [1.29, 1.82) is 0 Å². The van der Waals surface area contributed by atoms with Gasteiger partial charge < -0.3 is 14.7 Å². The number of pyridine rings is 1. The first-order valence-electron chi connectivity index (χ1n) is 9.69. The number of amides is 1. The van der Waals surface area contributed by atoms with E-state index < -0.39 is 0 Å². The molecule has 0 bridgehead atoms. The van der Waals surface area contributed by atoms with Crippen molar-refractivity contribution in [3.05, 3.63) is 47.6 Å². The fourth-order valence-electron chi connectivity index (χ4n) is 3.73. The maximum absolute atomic E-state index is 12.2. The molecule has 1 aliphatic rings. The lowest BCUT2D eigenvalue weighted by Crippen LogP contribution is -2.49. The number of piperazine rings is 1. The number of hydrogen-bond acceptors (Lipinski definition) is 7. The molecule has 3 aromatic heterocycles. The van der Waals surface area contributed by atoms with Crippen molar-refractivity contribution in [1.82, 2.24) is 24.8 Å². The van der Waals surface area contributed by atoms with Crippen LogP contribution in [-0.2, 0) is 4.79 Å². The first kappa shape index (κ1) is 19.1. The number of hydrogen-bond donors (Lipinski definition) is 1. The number of carbonyl (C=O) groups is 1. The first-order chi connectivity index (χ1) is 14.0. The Bertz CT molecular complexity index is 988. The van der Waals surface area contributed by atoms with Gasteiger partial charge in [-0.2, -0.15) is 5.10 Å². The summed E-state index contributed by atoms with van der Waals surface area (Å²) in [7, 11) is 0. The third-order valence-electron chi connectivity index (χ3n) is 5.07. The van der Waals surface area contributed by atoms with Gasteiger partial charge in [-0.15, -0.1) is 0 Å². The minimum absolute atomic E-state index is 0.0814. The number of nitrogens with one attached hydrogen (secondary N) is 1. The van der Waals surface area contributed by atoms with Crippen molar-refractivity contribution in [3.8, 4) is 5.82 Å². The van der Waals surface area contributed by atoms with E-state index in [-0.39, 0.29) is 5.91 Å². The van der Waals surface area contributed by atoms with Crippen LogP contribution in [0.1, 0.15) is 17.1 Å². The van der Waals surface area contributed by atoms with Gasteiger partial charge >= 0.3 is 0 Å². The predicted molar refractivity (Wildman–Crippen MR) is 109 cm³/mol. The molecule has 9 nitrogen and oxygen atoms in total. The molecular weight excluding hydrogens is 370 g/mol. The van der Waals surface area contributed by atoms with Crippen LogP contribution in [0, 0.1) is 20.8 Å². The third-order valence-corrected chi connectivity index (χ3v) is 5.07. The molecular formula is C20H25N7O2. The molecule has 0 radical (unpaired) electrons.